The van der Waals surface area contributed by atoms with Crippen molar-refractivity contribution in [3.63, 3.8) is 0 Å². The number of hydrogen-bond donors (Lipinski definition) is 0. The molecule has 2 aromatic rings. The summed E-state index contributed by atoms with van der Waals surface area (Å²) in [5, 5.41) is 0. The van der Waals surface area contributed by atoms with Crippen LogP contribution in [0.1, 0.15) is 125 Å². The first-order valence-electron chi connectivity index (χ1n) is 15.7. The van der Waals surface area contributed by atoms with E-state index >= 15 is 0 Å². The fourth-order valence-corrected chi connectivity index (χ4v) is 3.94. The van der Waals surface area contributed by atoms with Crippen LogP contribution in [0.4, 0.5) is 0 Å². The molecule has 224 valence electrons. The third kappa shape index (κ3) is 21.2. The standard InChI is InChI=1S/C18H28.C10H12.C7H14.C5H10/c1-14(2)16(4)12-15(3)13-18(5,6)17-10-8-7-9-11-17;1-3-9(2)10-7-5-4-6-8-10;1-3-5-7-6-4-2;1-3-5-4-2/h7-12,14,16H,13H2,1-6H3;3-9H,1H2,2H3;5,7H,3-4,6H2,1-2H3;3H,1,4-5H2,2H3. The number of rotatable bonds is 12. The van der Waals surface area contributed by atoms with Crippen LogP contribution in [0.2, 0.25) is 0 Å². The molecule has 2 rings (SSSR count). The molecule has 0 bridgehead atoms. The van der Waals surface area contributed by atoms with Crippen LogP contribution in [0.3, 0.4) is 0 Å². The molecule has 2 unspecified atom stereocenters. The Morgan fingerprint density at radius 1 is 0.775 bits per heavy atom. The van der Waals surface area contributed by atoms with Gasteiger partial charge in [0.15, 0.2) is 0 Å². The van der Waals surface area contributed by atoms with E-state index in [1.54, 1.807) is 0 Å². The lowest BCUT2D eigenvalue weighted by molar-refractivity contribution is 0.485. The summed E-state index contributed by atoms with van der Waals surface area (Å²) in [4.78, 5) is 0. The lowest BCUT2D eigenvalue weighted by Crippen LogP contribution is -2.17. The van der Waals surface area contributed by atoms with Crippen LogP contribution < -0.4 is 0 Å². The number of benzene rings is 2. The summed E-state index contributed by atoms with van der Waals surface area (Å²) in [6.45, 7) is 29.7. The van der Waals surface area contributed by atoms with Gasteiger partial charge in [0, 0.05) is 0 Å². The van der Waals surface area contributed by atoms with Crippen LogP contribution >= 0.6 is 0 Å². The highest BCUT2D eigenvalue weighted by Gasteiger charge is 2.20. The summed E-state index contributed by atoms with van der Waals surface area (Å²) in [6, 6.07) is 21.2. The highest BCUT2D eigenvalue weighted by molar-refractivity contribution is 5.26. The van der Waals surface area contributed by atoms with E-state index in [4.69, 9.17) is 0 Å². The Balaban J connectivity index is 0. The van der Waals surface area contributed by atoms with Crippen LogP contribution in [0.25, 0.3) is 0 Å². The van der Waals surface area contributed by atoms with E-state index in [-0.39, 0.29) is 5.41 Å². The topological polar surface area (TPSA) is 0 Å². The maximum absolute atomic E-state index is 3.74. The van der Waals surface area contributed by atoms with E-state index in [1.807, 2.05) is 18.2 Å². The van der Waals surface area contributed by atoms with E-state index < -0.39 is 0 Å². The van der Waals surface area contributed by atoms with Gasteiger partial charge in [-0.3, -0.25) is 0 Å². The summed E-state index contributed by atoms with van der Waals surface area (Å²) in [5.74, 6) is 1.86. The van der Waals surface area contributed by atoms with Crippen LogP contribution in [0.5, 0.6) is 0 Å². The fraction of sp³-hybridized carbons (Fsp3) is 0.500. The van der Waals surface area contributed by atoms with Gasteiger partial charge in [0.1, 0.15) is 0 Å². The molecule has 0 aliphatic heterocycles. The van der Waals surface area contributed by atoms with Gasteiger partial charge in [0.25, 0.3) is 0 Å². The largest absolute Gasteiger partial charge is 0.103 e. The van der Waals surface area contributed by atoms with Crippen LogP contribution in [-0.4, -0.2) is 0 Å². The lowest BCUT2D eigenvalue weighted by Gasteiger charge is -2.26. The summed E-state index contributed by atoms with van der Waals surface area (Å²) < 4.78 is 0. The molecule has 0 radical (unpaired) electrons. The van der Waals surface area contributed by atoms with Gasteiger partial charge in [0.05, 0.1) is 0 Å². The highest BCUT2D eigenvalue weighted by atomic mass is 14.2. The zero-order chi connectivity index (χ0) is 30.8. The van der Waals surface area contributed by atoms with Gasteiger partial charge in [-0.05, 0) is 66.9 Å². The lowest BCUT2D eigenvalue weighted by atomic mass is 9.78. The third-order valence-electron chi connectivity index (χ3n) is 6.90. The van der Waals surface area contributed by atoms with Crippen molar-refractivity contribution in [2.45, 2.75) is 119 Å². The first-order valence-corrected chi connectivity index (χ1v) is 15.7. The molecule has 40 heavy (non-hydrogen) atoms. The molecule has 0 nitrogen and oxygen atoms in total. The molecule has 0 N–H and O–H groups in total. The Kier molecular flexibility index (Phi) is 25.1. The van der Waals surface area contributed by atoms with Gasteiger partial charge in [-0.2, -0.15) is 0 Å². The number of hydrogen-bond acceptors (Lipinski definition) is 0. The molecule has 0 spiro atoms. The molecule has 0 saturated carbocycles. The minimum absolute atomic E-state index is 0.221. The van der Waals surface area contributed by atoms with Gasteiger partial charge < -0.3 is 0 Å². The molecule has 0 aliphatic carbocycles. The normalized spacial score (nSPS) is 12.6. The Morgan fingerprint density at radius 2 is 1.30 bits per heavy atom. The maximum Gasteiger partial charge on any atom is -0.00131 e. The highest BCUT2D eigenvalue weighted by Crippen LogP contribution is 2.31. The van der Waals surface area contributed by atoms with Crippen molar-refractivity contribution in [1.29, 1.82) is 0 Å². The van der Waals surface area contributed by atoms with E-state index in [2.05, 4.69) is 155 Å². The number of unbranched alkanes of at least 4 members (excludes halogenated alkanes) is 2. The van der Waals surface area contributed by atoms with E-state index in [0.29, 0.717) is 11.8 Å². The average molecular weight is 545 g/mol. The molecule has 0 aromatic heterocycles. The molecule has 2 aromatic carbocycles. The summed E-state index contributed by atoms with van der Waals surface area (Å²) in [7, 11) is 0. The minimum atomic E-state index is 0.221. The third-order valence-corrected chi connectivity index (χ3v) is 6.90. The fourth-order valence-electron chi connectivity index (χ4n) is 3.94. The van der Waals surface area contributed by atoms with Crippen molar-refractivity contribution in [1.82, 2.24) is 0 Å². The Bertz CT molecular complexity index is 896. The van der Waals surface area contributed by atoms with Crippen molar-refractivity contribution in [3.8, 4) is 0 Å². The van der Waals surface area contributed by atoms with Crippen LogP contribution in [0.15, 0.2) is 110 Å². The second-order valence-corrected chi connectivity index (χ2v) is 11.7. The Hall–Kier alpha value is -2.60. The predicted molar refractivity (Wildman–Crippen MR) is 186 cm³/mol. The Morgan fingerprint density at radius 3 is 1.70 bits per heavy atom. The van der Waals surface area contributed by atoms with E-state index in [9.17, 15) is 0 Å². The summed E-state index contributed by atoms with van der Waals surface area (Å²) in [5.41, 5.74) is 4.48. The van der Waals surface area contributed by atoms with Crippen molar-refractivity contribution in [2.24, 2.45) is 11.8 Å². The number of allylic oxidation sites excluding steroid dienone is 6. The second-order valence-electron chi connectivity index (χ2n) is 11.7. The van der Waals surface area contributed by atoms with Crippen LogP contribution in [-0.2, 0) is 5.41 Å². The Labute approximate surface area is 251 Å². The molecule has 0 saturated heterocycles. The molecule has 0 heteroatoms. The average Bonchev–Trinajstić information content (AvgIpc) is 2.95. The van der Waals surface area contributed by atoms with Crippen molar-refractivity contribution >= 4 is 0 Å². The summed E-state index contributed by atoms with van der Waals surface area (Å²) in [6.07, 6.45) is 18.0. The minimum Gasteiger partial charge on any atom is -0.103 e. The SMILES string of the molecule is C=CC(C)c1ccccc1.C=CCCC.CC(=CC(C)C(C)C)CC(C)(C)c1ccccc1.CCC=CCCC. The quantitative estimate of drug-likeness (QED) is 0.233. The maximum atomic E-state index is 3.74. The van der Waals surface area contributed by atoms with Gasteiger partial charge in [-0.1, -0.05) is 172 Å². The molecule has 2 atom stereocenters. The molecular formula is C40H64. The van der Waals surface area contributed by atoms with Crippen molar-refractivity contribution in [2.75, 3.05) is 0 Å². The van der Waals surface area contributed by atoms with Gasteiger partial charge in [0.2, 0.25) is 0 Å². The molecule has 0 amide bonds. The molecule has 0 heterocycles. The van der Waals surface area contributed by atoms with Gasteiger partial charge in [-0.15, -0.1) is 13.2 Å². The summed E-state index contributed by atoms with van der Waals surface area (Å²) >= 11 is 0. The van der Waals surface area contributed by atoms with Crippen molar-refractivity contribution in [3.05, 3.63) is 121 Å². The van der Waals surface area contributed by atoms with E-state index in [0.717, 1.165) is 18.8 Å². The predicted octanol–water partition coefficient (Wildman–Crippen LogP) is 13.3. The first-order chi connectivity index (χ1) is 19.0. The van der Waals surface area contributed by atoms with Gasteiger partial charge in [-0.25, -0.2) is 0 Å². The zero-order valence-electron chi connectivity index (χ0n) is 28.0. The second kappa shape index (κ2) is 25.4. The van der Waals surface area contributed by atoms with Crippen LogP contribution in [0, 0.1) is 11.8 Å². The smallest absolute Gasteiger partial charge is 0.00131 e. The molecular weight excluding hydrogens is 480 g/mol. The van der Waals surface area contributed by atoms with Gasteiger partial charge >= 0.3 is 0 Å². The first kappa shape index (κ1) is 39.5. The van der Waals surface area contributed by atoms with Crippen molar-refractivity contribution < 1.29 is 0 Å². The zero-order valence-corrected chi connectivity index (χ0v) is 28.0. The van der Waals surface area contributed by atoms with E-state index in [1.165, 1.54) is 42.4 Å². The molecule has 0 fully saturated rings. The molecule has 0 aliphatic rings. The monoisotopic (exact) mass is 545 g/mol.